The fourth-order valence-electron chi connectivity index (χ4n) is 2.68. The second kappa shape index (κ2) is 7.25. The summed E-state index contributed by atoms with van der Waals surface area (Å²) < 4.78 is 7.46. The molecule has 4 aromatic rings. The van der Waals surface area contributed by atoms with Gasteiger partial charge in [-0.1, -0.05) is 11.8 Å². The number of nitrogens with two attached hydrogens (primary N) is 2. The lowest BCUT2D eigenvalue weighted by Crippen LogP contribution is -2.33. The molecule has 0 saturated carbocycles. The Morgan fingerprint density at radius 3 is 2.96 bits per heavy atom. The predicted molar refractivity (Wildman–Crippen MR) is 106 cm³/mol. The van der Waals surface area contributed by atoms with E-state index in [1.54, 1.807) is 17.7 Å². The first-order valence-electron chi connectivity index (χ1n) is 8.17. The van der Waals surface area contributed by atoms with Crippen LogP contribution in [0.1, 0.15) is 0 Å². The molecule has 0 amide bonds. The molecule has 0 unspecified atom stereocenters. The number of amidine groups is 1. The predicted octanol–water partition coefficient (Wildman–Crippen LogP) is 0.739. The number of aromatic nitrogens is 5. The molecule has 144 valence electrons. The van der Waals surface area contributed by atoms with Crippen LogP contribution < -0.4 is 22.8 Å². The fourth-order valence-corrected chi connectivity index (χ4v) is 3.37. The van der Waals surface area contributed by atoms with Crippen molar-refractivity contribution in [3.63, 3.8) is 0 Å². The molecule has 3 aromatic heterocycles. The zero-order valence-corrected chi connectivity index (χ0v) is 15.6. The second-order valence-electron chi connectivity index (χ2n) is 5.86. The second-order valence-corrected chi connectivity index (χ2v) is 6.80. The van der Waals surface area contributed by atoms with Crippen LogP contribution in [0.2, 0.25) is 0 Å². The van der Waals surface area contributed by atoms with Gasteiger partial charge in [0.2, 0.25) is 5.16 Å². The van der Waals surface area contributed by atoms with Crippen LogP contribution in [0.15, 0.2) is 49.8 Å². The van der Waals surface area contributed by atoms with Crippen molar-refractivity contribution in [1.29, 1.82) is 0 Å². The number of aryl methyl sites for hydroxylation is 1. The van der Waals surface area contributed by atoms with Crippen molar-refractivity contribution in [2.24, 2.45) is 23.8 Å². The highest BCUT2D eigenvalue weighted by Crippen LogP contribution is 2.29. The summed E-state index contributed by atoms with van der Waals surface area (Å²) in [7, 11) is 1.72. The molecule has 0 bridgehead atoms. The lowest BCUT2D eigenvalue weighted by molar-refractivity contribution is 0.592. The van der Waals surface area contributed by atoms with E-state index in [-0.39, 0.29) is 5.69 Å². The van der Waals surface area contributed by atoms with E-state index in [2.05, 4.69) is 30.7 Å². The number of aromatic amines is 2. The van der Waals surface area contributed by atoms with Crippen molar-refractivity contribution in [2.45, 2.75) is 5.16 Å². The molecule has 3 heterocycles. The van der Waals surface area contributed by atoms with Crippen molar-refractivity contribution >= 4 is 28.6 Å². The lowest BCUT2D eigenvalue weighted by atomic mass is 10.1. The molecule has 1 aromatic carbocycles. The Bertz CT molecular complexity index is 1220. The van der Waals surface area contributed by atoms with Gasteiger partial charge in [-0.3, -0.25) is 9.67 Å². The van der Waals surface area contributed by atoms with E-state index in [0.717, 1.165) is 16.6 Å². The average Bonchev–Trinajstić information content (AvgIpc) is 3.42. The molecular weight excluding hydrogens is 382 g/mol. The molecule has 0 saturated heterocycles. The lowest BCUT2D eigenvalue weighted by Gasteiger charge is -2.00. The Kier molecular flexibility index (Phi) is 4.63. The number of furan rings is 1. The number of hydrogen-bond acceptors (Lipinski definition) is 8. The first kappa shape index (κ1) is 17.9. The van der Waals surface area contributed by atoms with Gasteiger partial charge in [-0.25, -0.2) is 10.6 Å². The number of benzene rings is 1. The van der Waals surface area contributed by atoms with Gasteiger partial charge >= 0.3 is 5.69 Å². The number of fused-ring (bicyclic) bond motifs is 1. The van der Waals surface area contributed by atoms with E-state index >= 15 is 0 Å². The van der Waals surface area contributed by atoms with Crippen molar-refractivity contribution < 1.29 is 4.42 Å². The molecule has 0 spiro atoms. The highest BCUT2D eigenvalue weighted by atomic mass is 32.2. The first-order valence-corrected chi connectivity index (χ1v) is 9.15. The summed E-state index contributed by atoms with van der Waals surface area (Å²) >= 11 is 1.32. The highest BCUT2D eigenvalue weighted by molar-refractivity contribution is 7.99. The van der Waals surface area contributed by atoms with Crippen LogP contribution in [-0.4, -0.2) is 36.3 Å². The minimum atomic E-state index is -0.161. The molecule has 0 aliphatic rings. The van der Waals surface area contributed by atoms with Crippen molar-refractivity contribution in [3.8, 4) is 22.9 Å². The number of nitrogens with zero attached hydrogens (tertiary/aromatic N) is 4. The zero-order chi connectivity index (χ0) is 19.7. The first-order chi connectivity index (χ1) is 13.6. The SMILES string of the molecule is Cn1c(=O)[nH]c2cc(-c3ccc(-c4nc(SC/C(=N/N)NN)n[nH]4)o3)ccc21. The van der Waals surface area contributed by atoms with Crippen LogP contribution in [0, 0.1) is 0 Å². The minimum absolute atomic E-state index is 0.161. The van der Waals surface area contributed by atoms with Crippen molar-refractivity contribution in [1.82, 2.24) is 30.2 Å². The highest BCUT2D eigenvalue weighted by Gasteiger charge is 2.13. The van der Waals surface area contributed by atoms with Crippen LogP contribution >= 0.6 is 11.8 Å². The summed E-state index contributed by atoms with van der Waals surface area (Å²) in [6.45, 7) is 0. The third-order valence-electron chi connectivity index (χ3n) is 4.15. The number of rotatable bonds is 5. The van der Waals surface area contributed by atoms with Gasteiger partial charge in [0.05, 0.1) is 16.8 Å². The van der Waals surface area contributed by atoms with Gasteiger partial charge in [0.15, 0.2) is 11.6 Å². The molecule has 0 radical (unpaired) electrons. The smallest absolute Gasteiger partial charge is 0.326 e. The van der Waals surface area contributed by atoms with Gasteiger partial charge in [0, 0.05) is 12.6 Å². The molecule has 4 rings (SSSR count). The number of hydrazine groups is 1. The van der Waals surface area contributed by atoms with Gasteiger partial charge in [-0.2, -0.15) is 10.1 Å². The third kappa shape index (κ3) is 3.25. The molecular formula is C16H17N9O2S. The molecule has 0 fully saturated rings. The fraction of sp³-hybridized carbons (Fsp3) is 0.125. The Labute approximate surface area is 162 Å². The minimum Gasteiger partial charge on any atom is -0.453 e. The summed E-state index contributed by atoms with van der Waals surface area (Å²) in [5.74, 6) is 13.0. The standard InChI is InChI=1S/C16H17N9O2S/c1-25-10-3-2-8(6-9(10)19-16(25)26)11-4-5-12(27-11)14-20-15(24-23-14)28-7-13(21-17)22-18/h2-6H,7,17-18H2,1H3,(H,19,26)(H,21,22)(H,20,23,24). The van der Waals surface area contributed by atoms with E-state index in [9.17, 15) is 4.79 Å². The van der Waals surface area contributed by atoms with Gasteiger partial charge in [-0.15, -0.1) is 5.10 Å². The van der Waals surface area contributed by atoms with Crippen LogP contribution in [0.4, 0.5) is 0 Å². The van der Waals surface area contributed by atoms with Crippen LogP contribution in [-0.2, 0) is 7.05 Å². The Morgan fingerprint density at radius 1 is 1.36 bits per heavy atom. The largest absolute Gasteiger partial charge is 0.453 e. The molecule has 0 aliphatic heterocycles. The summed E-state index contributed by atoms with van der Waals surface area (Å²) in [6, 6.07) is 9.28. The number of thioether (sulfide) groups is 1. The number of imidazole rings is 1. The van der Waals surface area contributed by atoms with Gasteiger partial charge in [-0.05, 0) is 30.3 Å². The van der Waals surface area contributed by atoms with Gasteiger partial charge < -0.3 is 20.7 Å². The van der Waals surface area contributed by atoms with Crippen LogP contribution in [0.25, 0.3) is 33.9 Å². The van der Waals surface area contributed by atoms with Crippen LogP contribution in [0.5, 0.6) is 0 Å². The van der Waals surface area contributed by atoms with Crippen LogP contribution in [0.3, 0.4) is 0 Å². The number of nitrogens with one attached hydrogen (secondary N) is 3. The maximum Gasteiger partial charge on any atom is 0.326 e. The number of hydrogen-bond donors (Lipinski definition) is 5. The number of hydrazone groups is 1. The summed E-state index contributed by atoms with van der Waals surface area (Å²) in [5, 5.41) is 11.0. The molecule has 12 heteroatoms. The maximum absolute atomic E-state index is 11.7. The Morgan fingerprint density at radius 2 is 2.18 bits per heavy atom. The normalized spacial score (nSPS) is 12.0. The van der Waals surface area contributed by atoms with E-state index in [4.69, 9.17) is 16.1 Å². The molecule has 11 nitrogen and oxygen atoms in total. The quantitative estimate of drug-likeness (QED) is 0.108. The Hall–Kier alpha value is -3.51. The van der Waals surface area contributed by atoms with E-state index in [0.29, 0.717) is 34.1 Å². The average molecular weight is 399 g/mol. The maximum atomic E-state index is 11.7. The molecule has 28 heavy (non-hydrogen) atoms. The topological polar surface area (TPSA) is 169 Å². The van der Waals surface area contributed by atoms with E-state index in [1.165, 1.54) is 11.8 Å². The molecule has 7 N–H and O–H groups in total. The zero-order valence-electron chi connectivity index (χ0n) is 14.8. The summed E-state index contributed by atoms with van der Waals surface area (Å²) in [4.78, 5) is 18.9. The molecule has 0 aliphatic carbocycles. The van der Waals surface area contributed by atoms with Crippen molar-refractivity contribution in [3.05, 3.63) is 40.8 Å². The molecule has 0 atom stereocenters. The monoisotopic (exact) mass is 399 g/mol. The van der Waals surface area contributed by atoms with E-state index < -0.39 is 0 Å². The van der Waals surface area contributed by atoms with Crippen molar-refractivity contribution in [2.75, 3.05) is 5.75 Å². The van der Waals surface area contributed by atoms with E-state index in [1.807, 2.05) is 24.3 Å². The van der Waals surface area contributed by atoms with Gasteiger partial charge in [0.1, 0.15) is 11.6 Å². The summed E-state index contributed by atoms with van der Waals surface area (Å²) in [6.07, 6.45) is 0. The third-order valence-corrected chi connectivity index (χ3v) is 5.01. The van der Waals surface area contributed by atoms with Gasteiger partial charge in [0.25, 0.3) is 0 Å². The Balaban J connectivity index is 1.56. The number of H-pyrrole nitrogens is 2. The summed E-state index contributed by atoms with van der Waals surface area (Å²) in [5.41, 5.74) is 4.64.